The summed E-state index contributed by atoms with van der Waals surface area (Å²) in [6.07, 6.45) is 5.64. The summed E-state index contributed by atoms with van der Waals surface area (Å²) in [5.41, 5.74) is 6.29. The molecule has 33 heavy (non-hydrogen) atoms. The molecule has 0 unspecified atom stereocenters. The summed E-state index contributed by atoms with van der Waals surface area (Å²) in [5.74, 6) is 1.93. The largest absolute Gasteiger partial charge is 0.373 e. The number of hydrogen-bond donors (Lipinski definition) is 1. The van der Waals surface area contributed by atoms with E-state index in [1.807, 2.05) is 11.9 Å². The van der Waals surface area contributed by atoms with E-state index in [0.717, 1.165) is 61.8 Å². The number of fused-ring (bicyclic) bond motifs is 1. The van der Waals surface area contributed by atoms with Crippen LogP contribution >= 0.6 is 0 Å². The predicted octanol–water partition coefficient (Wildman–Crippen LogP) is 3.67. The lowest BCUT2D eigenvalue weighted by molar-refractivity contribution is -0.129. The minimum atomic E-state index is 0.113. The zero-order chi connectivity index (χ0) is 22.9. The maximum atomic E-state index is 12.0. The number of carbonyl (C=O) groups is 1. The number of nitrogens with zero attached hydrogens (tertiary/aromatic N) is 5. The zero-order valence-corrected chi connectivity index (χ0v) is 20.2. The van der Waals surface area contributed by atoms with Crippen molar-refractivity contribution in [2.75, 3.05) is 43.4 Å². The highest BCUT2D eigenvalue weighted by Gasteiger charge is 2.31. The summed E-state index contributed by atoms with van der Waals surface area (Å²) in [4.78, 5) is 28.9. The molecule has 0 saturated carbocycles. The number of anilines is 2. The summed E-state index contributed by atoms with van der Waals surface area (Å²) in [6, 6.07) is 7.19. The summed E-state index contributed by atoms with van der Waals surface area (Å²) in [7, 11) is 1.93. The average molecular weight is 449 g/mol. The SMILES string of the molecule is CNc1nc([C@H]2CCCN2Cc2ccc(N3CCCC3)c(C)c2)nc2c1CCN(C(C)=O)C2. The topological polar surface area (TPSA) is 64.6 Å². The number of aromatic nitrogens is 2. The number of aryl methyl sites for hydroxylation is 1. The molecule has 7 nitrogen and oxygen atoms in total. The Kier molecular flexibility index (Phi) is 6.23. The van der Waals surface area contributed by atoms with Gasteiger partial charge in [-0.3, -0.25) is 9.69 Å². The van der Waals surface area contributed by atoms with Crippen LogP contribution in [0.4, 0.5) is 11.5 Å². The van der Waals surface area contributed by atoms with Crippen molar-refractivity contribution in [2.24, 2.45) is 0 Å². The molecule has 3 aliphatic rings. The van der Waals surface area contributed by atoms with Crippen molar-refractivity contribution in [3.8, 4) is 0 Å². The van der Waals surface area contributed by atoms with Gasteiger partial charge in [0.1, 0.15) is 11.6 Å². The van der Waals surface area contributed by atoms with Gasteiger partial charge in [-0.05, 0) is 62.8 Å². The van der Waals surface area contributed by atoms with Crippen LogP contribution in [0.1, 0.15) is 66.9 Å². The van der Waals surface area contributed by atoms with Crippen LogP contribution in [-0.4, -0.2) is 58.9 Å². The Labute approximate surface area is 197 Å². The third kappa shape index (κ3) is 4.43. The van der Waals surface area contributed by atoms with Gasteiger partial charge in [-0.1, -0.05) is 12.1 Å². The molecule has 1 atom stereocenters. The molecule has 1 aromatic carbocycles. The molecule has 7 heteroatoms. The lowest BCUT2D eigenvalue weighted by atomic mass is 10.0. The Morgan fingerprint density at radius 2 is 1.94 bits per heavy atom. The highest BCUT2D eigenvalue weighted by Crippen LogP contribution is 2.35. The number of nitrogens with one attached hydrogen (secondary N) is 1. The quantitative estimate of drug-likeness (QED) is 0.753. The molecule has 1 amide bonds. The van der Waals surface area contributed by atoms with Gasteiger partial charge < -0.3 is 15.1 Å². The van der Waals surface area contributed by atoms with E-state index in [1.54, 1.807) is 6.92 Å². The van der Waals surface area contributed by atoms with Crippen LogP contribution in [-0.2, 0) is 24.3 Å². The maximum Gasteiger partial charge on any atom is 0.219 e. The first-order chi connectivity index (χ1) is 16.0. The average Bonchev–Trinajstić information content (AvgIpc) is 3.50. The second kappa shape index (κ2) is 9.29. The normalized spacial score (nSPS) is 20.9. The first-order valence-corrected chi connectivity index (χ1v) is 12.4. The standard InChI is InChI=1S/C26H36N6O/c1-18-15-20(8-9-23(18)30-11-4-5-12-30)16-32-13-6-7-24(32)26-28-22-17-31(19(2)33)14-10-21(22)25(27-3)29-26/h8-9,15,24H,4-7,10-14,16-17H2,1-3H3,(H,27,28,29)/t24-/m1/s1. The summed E-state index contributed by atoms with van der Waals surface area (Å²) < 4.78 is 0. The van der Waals surface area contributed by atoms with Crippen molar-refractivity contribution >= 4 is 17.4 Å². The lowest BCUT2D eigenvalue weighted by Crippen LogP contribution is -2.36. The van der Waals surface area contributed by atoms with Gasteiger partial charge in [0, 0.05) is 51.4 Å². The van der Waals surface area contributed by atoms with E-state index in [1.165, 1.54) is 42.7 Å². The third-order valence-electron chi connectivity index (χ3n) is 7.52. The third-order valence-corrected chi connectivity index (χ3v) is 7.52. The van der Waals surface area contributed by atoms with Crippen LogP contribution in [0.25, 0.3) is 0 Å². The maximum absolute atomic E-state index is 12.0. The van der Waals surface area contributed by atoms with Gasteiger partial charge in [0.25, 0.3) is 0 Å². The molecule has 0 radical (unpaired) electrons. The fraction of sp³-hybridized carbons (Fsp3) is 0.577. The molecule has 176 valence electrons. The van der Waals surface area contributed by atoms with Gasteiger partial charge >= 0.3 is 0 Å². The number of carbonyl (C=O) groups excluding carboxylic acids is 1. The van der Waals surface area contributed by atoms with Crippen molar-refractivity contribution in [1.29, 1.82) is 0 Å². The second-order valence-electron chi connectivity index (χ2n) is 9.74. The molecule has 5 rings (SSSR count). The van der Waals surface area contributed by atoms with Crippen LogP contribution in [0.3, 0.4) is 0 Å². The highest BCUT2D eigenvalue weighted by atomic mass is 16.2. The first kappa shape index (κ1) is 22.1. The Balaban J connectivity index is 1.37. The summed E-state index contributed by atoms with van der Waals surface area (Å²) in [5, 5.41) is 3.29. The first-order valence-electron chi connectivity index (χ1n) is 12.4. The van der Waals surface area contributed by atoms with Crippen LogP contribution in [0.2, 0.25) is 0 Å². The molecule has 0 spiro atoms. The molecule has 1 N–H and O–H groups in total. The van der Waals surface area contributed by atoms with Gasteiger partial charge in [0.15, 0.2) is 0 Å². The number of amides is 1. The molecule has 2 fully saturated rings. The Morgan fingerprint density at radius 1 is 1.12 bits per heavy atom. The van der Waals surface area contributed by atoms with Crippen molar-refractivity contribution in [3.05, 3.63) is 46.4 Å². The molecular weight excluding hydrogens is 412 g/mol. The summed E-state index contributed by atoms with van der Waals surface area (Å²) >= 11 is 0. The smallest absolute Gasteiger partial charge is 0.219 e. The predicted molar refractivity (Wildman–Crippen MR) is 131 cm³/mol. The fourth-order valence-electron chi connectivity index (χ4n) is 5.75. The minimum absolute atomic E-state index is 0.113. The monoisotopic (exact) mass is 448 g/mol. The lowest BCUT2D eigenvalue weighted by Gasteiger charge is -2.30. The molecular formula is C26H36N6O. The van der Waals surface area contributed by atoms with Crippen LogP contribution in [0.5, 0.6) is 0 Å². The Morgan fingerprint density at radius 3 is 2.67 bits per heavy atom. The number of benzene rings is 1. The van der Waals surface area contributed by atoms with Crippen LogP contribution < -0.4 is 10.2 Å². The van der Waals surface area contributed by atoms with Crippen molar-refractivity contribution in [3.63, 3.8) is 0 Å². The van der Waals surface area contributed by atoms with Gasteiger partial charge in [-0.15, -0.1) is 0 Å². The van der Waals surface area contributed by atoms with E-state index in [0.29, 0.717) is 6.54 Å². The van der Waals surface area contributed by atoms with Crippen molar-refractivity contribution < 1.29 is 4.79 Å². The minimum Gasteiger partial charge on any atom is -0.373 e. The van der Waals surface area contributed by atoms with Gasteiger partial charge in [-0.25, -0.2) is 9.97 Å². The molecule has 2 saturated heterocycles. The Hall–Kier alpha value is -2.67. The van der Waals surface area contributed by atoms with E-state index >= 15 is 0 Å². The van der Waals surface area contributed by atoms with E-state index < -0.39 is 0 Å². The highest BCUT2D eigenvalue weighted by molar-refractivity contribution is 5.73. The zero-order valence-electron chi connectivity index (χ0n) is 20.2. The van der Waals surface area contributed by atoms with Crippen molar-refractivity contribution in [2.45, 2.75) is 65.1 Å². The summed E-state index contributed by atoms with van der Waals surface area (Å²) in [6.45, 7) is 9.54. The van der Waals surface area contributed by atoms with Crippen LogP contribution in [0.15, 0.2) is 18.2 Å². The molecule has 3 aliphatic heterocycles. The van der Waals surface area contributed by atoms with E-state index in [-0.39, 0.29) is 11.9 Å². The van der Waals surface area contributed by atoms with E-state index in [2.05, 4.69) is 40.2 Å². The van der Waals surface area contributed by atoms with Gasteiger partial charge in [0.2, 0.25) is 5.91 Å². The van der Waals surface area contributed by atoms with Crippen molar-refractivity contribution in [1.82, 2.24) is 19.8 Å². The van der Waals surface area contributed by atoms with Gasteiger partial charge in [0.05, 0.1) is 18.3 Å². The molecule has 4 heterocycles. The van der Waals surface area contributed by atoms with Gasteiger partial charge in [-0.2, -0.15) is 0 Å². The van der Waals surface area contributed by atoms with E-state index in [4.69, 9.17) is 9.97 Å². The Bertz CT molecular complexity index is 1030. The molecule has 2 aromatic rings. The number of hydrogen-bond acceptors (Lipinski definition) is 6. The molecule has 0 bridgehead atoms. The number of likely N-dealkylation sites (tertiary alicyclic amines) is 1. The van der Waals surface area contributed by atoms with Crippen LogP contribution in [0, 0.1) is 6.92 Å². The number of rotatable bonds is 5. The second-order valence-corrected chi connectivity index (χ2v) is 9.74. The molecule has 0 aliphatic carbocycles. The van der Waals surface area contributed by atoms with E-state index in [9.17, 15) is 4.79 Å². The molecule has 1 aromatic heterocycles. The fourth-order valence-corrected chi connectivity index (χ4v) is 5.75.